The molecule has 0 amide bonds. The molecular weight excluding hydrogens is 815 g/mol. The third kappa shape index (κ3) is 9.37. The topological polar surface area (TPSA) is 63.2 Å². The van der Waals surface area contributed by atoms with E-state index in [-0.39, 0.29) is 17.2 Å². The number of aryl methyl sites for hydroxylation is 2. The molecule has 0 saturated heterocycles. The molecule has 7 aromatic rings. The third-order valence-electron chi connectivity index (χ3n) is 10.0. The lowest BCUT2D eigenvalue weighted by atomic mass is 9.97. The van der Waals surface area contributed by atoms with Gasteiger partial charge < -0.3 is 23.7 Å². The zero-order valence-electron chi connectivity index (χ0n) is 33.8. The summed E-state index contributed by atoms with van der Waals surface area (Å²) in [6.45, 7) is 8.11. The monoisotopic (exact) mass is 858 g/mol. The Morgan fingerprint density at radius 3 is 1.57 bits per heavy atom. The number of carbonyl (C=O) groups is 1. The lowest BCUT2D eigenvalue weighted by Crippen LogP contribution is -2.42. The molecule has 0 heterocycles. The molecule has 7 aromatic carbocycles. The standard InChI is InChI=1S/C51H45Cl3O6/c1-5-28-50(38-20-14-16-34(3)30-38,57-44-24-12-10-22-42(44)53)59-46-32-37-26-27-40(52)33-41(37)47(56-49(55)36-18-8-7-9-19-36)48(46)60-51(29-6-2,39-21-15-17-35(4)31-39)58-45-25-13-11-23-43(45)54/h7-27,30-33H,5-6,28-29H2,1-4H3. The predicted octanol–water partition coefficient (Wildman–Crippen LogP) is 14.9. The maximum atomic E-state index is 14.2. The van der Waals surface area contributed by atoms with E-state index in [1.807, 2.05) is 112 Å². The summed E-state index contributed by atoms with van der Waals surface area (Å²) < 4.78 is 35.3. The fourth-order valence-corrected chi connectivity index (χ4v) is 7.76. The molecule has 0 saturated carbocycles. The zero-order chi connectivity index (χ0) is 42.3. The minimum absolute atomic E-state index is 0.0714. The van der Waals surface area contributed by atoms with Gasteiger partial charge in [0, 0.05) is 34.4 Å². The van der Waals surface area contributed by atoms with Crippen molar-refractivity contribution in [3.05, 3.63) is 195 Å². The molecule has 0 radical (unpaired) electrons. The Kier molecular flexibility index (Phi) is 13.3. The van der Waals surface area contributed by atoms with Crippen LogP contribution in [-0.4, -0.2) is 5.97 Å². The van der Waals surface area contributed by atoms with Crippen molar-refractivity contribution in [2.24, 2.45) is 0 Å². The predicted molar refractivity (Wildman–Crippen MR) is 241 cm³/mol. The van der Waals surface area contributed by atoms with E-state index in [4.69, 9.17) is 58.5 Å². The summed E-state index contributed by atoms with van der Waals surface area (Å²) in [5, 5.41) is 2.39. The van der Waals surface area contributed by atoms with Crippen LogP contribution in [0.4, 0.5) is 0 Å². The van der Waals surface area contributed by atoms with Crippen LogP contribution < -0.4 is 23.7 Å². The lowest BCUT2D eigenvalue weighted by Gasteiger charge is -2.39. The minimum Gasteiger partial charge on any atom is -0.447 e. The molecule has 7 rings (SSSR count). The molecule has 2 unspecified atom stereocenters. The van der Waals surface area contributed by atoms with Crippen molar-refractivity contribution >= 4 is 51.5 Å². The molecule has 6 nitrogen and oxygen atoms in total. The second-order valence-corrected chi connectivity index (χ2v) is 15.9. The van der Waals surface area contributed by atoms with Crippen molar-refractivity contribution in [1.82, 2.24) is 0 Å². The maximum absolute atomic E-state index is 14.2. The van der Waals surface area contributed by atoms with Crippen molar-refractivity contribution in [1.29, 1.82) is 0 Å². The van der Waals surface area contributed by atoms with Gasteiger partial charge in [-0.3, -0.25) is 0 Å². The summed E-state index contributed by atoms with van der Waals surface area (Å²) in [4.78, 5) is 14.2. The Balaban J connectivity index is 1.55. The van der Waals surface area contributed by atoms with Crippen LogP contribution in [0.25, 0.3) is 10.8 Å². The van der Waals surface area contributed by atoms with Crippen molar-refractivity contribution in [2.45, 2.75) is 65.0 Å². The number of para-hydroxylation sites is 2. The number of hydrogen-bond donors (Lipinski definition) is 0. The van der Waals surface area contributed by atoms with Crippen LogP contribution in [0.5, 0.6) is 28.7 Å². The normalized spacial score (nSPS) is 13.2. The van der Waals surface area contributed by atoms with Gasteiger partial charge in [0.2, 0.25) is 5.75 Å². The highest BCUT2D eigenvalue weighted by Gasteiger charge is 2.43. The molecule has 0 aliphatic heterocycles. The van der Waals surface area contributed by atoms with Crippen LogP contribution in [0.2, 0.25) is 15.1 Å². The van der Waals surface area contributed by atoms with Crippen molar-refractivity contribution in [2.75, 3.05) is 0 Å². The highest BCUT2D eigenvalue weighted by molar-refractivity contribution is 6.32. The molecule has 2 atom stereocenters. The Morgan fingerprint density at radius 1 is 0.517 bits per heavy atom. The molecule has 0 bridgehead atoms. The SMILES string of the molecule is CCCC(Oc1ccccc1Cl)(Oc1cc2ccc(Cl)cc2c(OC(=O)c2ccccc2)c1OC(CCC)(Oc1ccccc1Cl)c1cccc(C)c1)c1cccc(C)c1. The molecule has 60 heavy (non-hydrogen) atoms. The largest absolute Gasteiger partial charge is 0.447 e. The van der Waals surface area contributed by atoms with Crippen LogP contribution in [0, 0.1) is 13.8 Å². The van der Waals surface area contributed by atoms with E-state index in [1.54, 1.807) is 60.7 Å². The molecule has 0 spiro atoms. The molecule has 0 fully saturated rings. The summed E-state index contributed by atoms with van der Waals surface area (Å²) in [5.74, 6) is -2.48. The fraction of sp³-hybridized carbons (Fsp3) is 0.196. The van der Waals surface area contributed by atoms with E-state index in [0.29, 0.717) is 74.1 Å². The van der Waals surface area contributed by atoms with E-state index in [9.17, 15) is 4.79 Å². The first kappa shape index (κ1) is 42.5. The van der Waals surface area contributed by atoms with Gasteiger partial charge in [-0.25, -0.2) is 4.79 Å². The quantitative estimate of drug-likeness (QED) is 0.0548. The number of benzene rings is 7. The number of fused-ring (bicyclic) bond motifs is 1. The Hall–Kier alpha value is -5.66. The first-order chi connectivity index (χ1) is 29.0. The maximum Gasteiger partial charge on any atom is 0.343 e. The van der Waals surface area contributed by atoms with Crippen molar-refractivity contribution in [3.63, 3.8) is 0 Å². The van der Waals surface area contributed by atoms with Crippen molar-refractivity contribution < 1.29 is 28.5 Å². The van der Waals surface area contributed by atoms with Gasteiger partial charge in [0.05, 0.1) is 15.6 Å². The summed E-state index contributed by atoms with van der Waals surface area (Å²) in [7, 11) is 0. The second kappa shape index (κ2) is 18.7. The van der Waals surface area contributed by atoms with Gasteiger partial charge in [0.15, 0.2) is 11.5 Å². The van der Waals surface area contributed by atoms with E-state index in [0.717, 1.165) is 16.7 Å². The van der Waals surface area contributed by atoms with Crippen LogP contribution in [0.15, 0.2) is 152 Å². The van der Waals surface area contributed by atoms with Crippen molar-refractivity contribution in [3.8, 4) is 28.7 Å². The summed E-state index contributed by atoms with van der Waals surface area (Å²) in [6.07, 6.45) is 1.99. The Bertz CT molecular complexity index is 2610. The summed E-state index contributed by atoms with van der Waals surface area (Å²) in [5.41, 5.74) is 3.74. The minimum atomic E-state index is -1.55. The molecule has 0 aliphatic carbocycles. The van der Waals surface area contributed by atoms with Crippen LogP contribution in [0.1, 0.15) is 72.1 Å². The Morgan fingerprint density at radius 2 is 1.03 bits per heavy atom. The van der Waals surface area contributed by atoms with E-state index >= 15 is 0 Å². The first-order valence-corrected chi connectivity index (χ1v) is 21.1. The third-order valence-corrected chi connectivity index (χ3v) is 10.9. The number of ether oxygens (including phenoxy) is 5. The number of halogens is 3. The fourth-order valence-electron chi connectivity index (χ4n) is 7.24. The molecular formula is C51H45Cl3O6. The van der Waals surface area contributed by atoms with Crippen LogP contribution >= 0.6 is 34.8 Å². The van der Waals surface area contributed by atoms with Gasteiger partial charge in [-0.1, -0.05) is 145 Å². The number of carbonyl (C=O) groups excluding carboxylic acids is 1. The summed E-state index contributed by atoms with van der Waals surface area (Å²) in [6, 6.07) is 46.3. The smallest absolute Gasteiger partial charge is 0.343 e. The van der Waals surface area contributed by atoms with E-state index in [2.05, 4.69) is 6.92 Å². The molecule has 0 aromatic heterocycles. The first-order valence-electron chi connectivity index (χ1n) is 20.0. The van der Waals surface area contributed by atoms with Gasteiger partial charge >= 0.3 is 5.97 Å². The van der Waals surface area contributed by atoms with Crippen LogP contribution in [-0.2, 0) is 11.6 Å². The molecule has 306 valence electrons. The number of hydrogen-bond acceptors (Lipinski definition) is 6. The van der Waals surface area contributed by atoms with Gasteiger partial charge in [-0.05, 0) is 98.8 Å². The zero-order valence-corrected chi connectivity index (χ0v) is 36.1. The van der Waals surface area contributed by atoms with Gasteiger partial charge in [-0.2, -0.15) is 0 Å². The van der Waals surface area contributed by atoms with E-state index in [1.165, 1.54) is 0 Å². The van der Waals surface area contributed by atoms with Gasteiger partial charge in [-0.15, -0.1) is 0 Å². The van der Waals surface area contributed by atoms with Gasteiger partial charge in [0.1, 0.15) is 11.5 Å². The highest BCUT2D eigenvalue weighted by atomic mass is 35.5. The Labute approximate surface area is 366 Å². The van der Waals surface area contributed by atoms with E-state index < -0.39 is 17.5 Å². The highest BCUT2D eigenvalue weighted by Crippen LogP contribution is 2.52. The lowest BCUT2D eigenvalue weighted by molar-refractivity contribution is -0.145. The summed E-state index contributed by atoms with van der Waals surface area (Å²) >= 11 is 20.3. The molecule has 9 heteroatoms. The number of rotatable bonds is 16. The average molecular weight is 860 g/mol. The second-order valence-electron chi connectivity index (χ2n) is 14.7. The number of esters is 1. The van der Waals surface area contributed by atoms with Gasteiger partial charge in [0.25, 0.3) is 11.6 Å². The molecule has 0 N–H and O–H groups in total. The average Bonchev–Trinajstić information content (AvgIpc) is 3.24. The molecule has 0 aliphatic rings. The van der Waals surface area contributed by atoms with Crippen LogP contribution in [0.3, 0.4) is 0 Å².